The number of fused-ring (bicyclic) bond motifs is 3. The third-order valence-corrected chi connectivity index (χ3v) is 13.5. The number of carbonyl (C=O) groups excluding carboxylic acids is 3. The molecule has 9 nitrogen and oxygen atoms in total. The molecule has 1 saturated heterocycles. The Labute approximate surface area is 320 Å². The number of aliphatic hydroxyl groups is 1. The summed E-state index contributed by atoms with van der Waals surface area (Å²) in [7, 11) is -3.55. The van der Waals surface area contributed by atoms with Crippen molar-refractivity contribution in [2.45, 2.75) is 63.2 Å². The number of amides is 3. The van der Waals surface area contributed by atoms with Crippen LogP contribution in [0.4, 0.5) is 15.5 Å². The lowest BCUT2D eigenvalue weighted by Crippen LogP contribution is -2.45. The molecule has 7 rings (SSSR count). The number of hydrogen-bond donors (Lipinski definition) is 3. The predicted octanol–water partition coefficient (Wildman–Crippen LogP) is 7.74. The second-order valence-electron chi connectivity index (χ2n) is 14.8. The number of para-hydroxylation sites is 1. The maximum atomic E-state index is 16.5. The molecule has 3 N–H and O–H groups in total. The predicted molar refractivity (Wildman–Crippen MR) is 211 cm³/mol. The molecule has 5 aromatic rings. The summed E-state index contributed by atoms with van der Waals surface area (Å²) in [5.74, 6) is -1.43. The van der Waals surface area contributed by atoms with Crippen LogP contribution in [0.5, 0.6) is 0 Å². The first-order valence-electron chi connectivity index (χ1n) is 18.2. The number of rotatable bonds is 12. The topological polar surface area (TPSA) is 115 Å². The summed E-state index contributed by atoms with van der Waals surface area (Å²) in [5, 5.41) is 14.2. The molecule has 3 heterocycles. The largest absolute Gasteiger partial charge is 0.395 e. The lowest BCUT2D eigenvalue weighted by molar-refractivity contribution is -0.150. The molecule has 280 valence electrons. The molecule has 0 bridgehead atoms. The second-order valence-corrected chi connectivity index (χ2v) is 19.1. The van der Waals surface area contributed by atoms with E-state index in [1.54, 1.807) is 47.2 Å². The summed E-state index contributed by atoms with van der Waals surface area (Å²) in [4.78, 5) is 48.3. The van der Waals surface area contributed by atoms with Gasteiger partial charge in [0.15, 0.2) is 5.60 Å². The first-order chi connectivity index (χ1) is 25.9. The van der Waals surface area contributed by atoms with Crippen molar-refractivity contribution in [2.24, 2.45) is 5.92 Å². The van der Waals surface area contributed by atoms with E-state index in [2.05, 4.69) is 10.3 Å². The van der Waals surface area contributed by atoms with E-state index in [0.29, 0.717) is 22.0 Å². The van der Waals surface area contributed by atoms with E-state index in [4.69, 9.17) is 16.3 Å². The van der Waals surface area contributed by atoms with Crippen LogP contribution in [-0.4, -0.2) is 60.4 Å². The van der Waals surface area contributed by atoms with E-state index < -0.39 is 31.6 Å². The summed E-state index contributed by atoms with van der Waals surface area (Å²) < 4.78 is 23.3. The standard InChI is InChI=1S/C42H44ClFN4O5Si/c1-27-40(54(2,3)44)37(23-39(51)47(18-19-49)25-28-10-5-4-6-11-28)53-42(27)34-22-31(43)16-17-36(34)48(41(42)52)26-29-12-9-13-32(20-29)46-38(50)21-30-24-45-35-15-8-7-14-33(30)35/h4-17,20,22,24,27,37,40,45,49H,18-19,21,23,25-26H2,1-3H3,(H,46,50)/t27-,37+,40-,42+/m0/s1. The van der Waals surface area contributed by atoms with Crippen molar-refractivity contribution in [3.05, 3.63) is 131 Å². The van der Waals surface area contributed by atoms with Gasteiger partial charge in [0.2, 0.25) is 20.2 Å². The molecule has 12 heteroatoms. The number of halogens is 2. The van der Waals surface area contributed by atoms with Crippen LogP contribution in [0.2, 0.25) is 23.7 Å². The molecule has 54 heavy (non-hydrogen) atoms. The smallest absolute Gasteiger partial charge is 0.264 e. The highest BCUT2D eigenvalue weighted by atomic mass is 35.5. The first kappa shape index (κ1) is 37.5. The number of anilines is 2. The van der Waals surface area contributed by atoms with Crippen LogP contribution in [0, 0.1) is 5.92 Å². The van der Waals surface area contributed by atoms with Gasteiger partial charge in [0.25, 0.3) is 5.91 Å². The van der Waals surface area contributed by atoms with E-state index in [1.165, 1.54) is 0 Å². The fraction of sp³-hybridized carbons (Fsp3) is 0.310. The van der Waals surface area contributed by atoms with Crippen LogP contribution in [0.3, 0.4) is 0 Å². The van der Waals surface area contributed by atoms with E-state index >= 15 is 4.11 Å². The van der Waals surface area contributed by atoms with Crippen molar-refractivity contribution >= 4 is 60.0 Å². The zero-order valence-electron chi connectivity index (χ0n) is 30.5. The third-order valence-electron chi connectivity index (χ3n) is 10.8. The maximum absolute atomic E-state index is 16.5. The molecule has 1 aromatic heterocycles. The Hall–Kier alpha value is -4.81. The number of aromatic amines is 1. The van der Waals surface area contributed by atoms with Gasteiger partial charge in [-0.05, 0) is 66.2 Å². The number of ether oxygens (including phenoxy) is 1. The molecule has 2 aliphatic heterocycles. The van der Waals surface area contributed by atoms with E-state index in [9.17, 15) is 19.5 Å². The van der Waals surface area contributed by atoms with Crippen molar-refractivity contribution in [2.75, 3.05) is 23.4 Å². The number of hydrogen-bond acceptors (Lipinski definition) is 5. The molecule has 4 aromatic carbocycles. The molecule has 0 saturated carbocycles. The highest BCUT2D eigenvalue weighted by molar-refractivity contribution is 6.72. The Kier molecular flexibility index (Phi) is 10.5. The summed E-state index contributed by atoms with van der Waals surface area (Å²) in [5.41, 5.74) is 2.99. The minimum absolute atomic E-state index is 0.107. The average Bonchev–Trinajstić information content (AvgIpc) is 3.75. The van der Waals surface area contributed by atoms with Gasteiger partial charge >= 0.3 is 0 Å². The zero-order valence-corrected chi connectivity index (χ0v) is 32.3. The van der Waals surface area contributed by atoms with Gasteiger partial charge in [0.05, 0.1) is 37.8 Å². The molecular formula is C42H44ClFN4O5Si. The Morgan fingerprint density at radius 1 is 1.02 bits per heavy atom. The molecule has 3 amide bonds. The van der Waals surface area contributed by atoms with Crippen LogP contribution in [0.1, 0.15) is 35.6 Å². The molecular weight excluding hydrogens is 723 g/mol. The van der Waals surface area contributed by atoms with Crippen molar-refractivity contribution < 1.29 is 28.3 Å². The van der Waals surface area contributed by atoms with Crippen LogP contribution >= 0.6 is 11.6 Å². The molecule has 1 spiro atoms. The van der Waals surface area contributed by atoms with Crippen LogP contribution in [0.15, 0.2) is 103 Å². The molecule has 2 aliphatic rings. The van der Waals surface area contributed by atoms with Gasteiger partial charge in [-0.25, -0.2) is 0 Å². The fourth-order valence-electron chi connectivity index (χ4n) is 8.48. The van der Waals surface area contributed by atoms with Gasteiger partial charge in [-0.3, -0.25) is 14.4 Å². The zero-order chi connectivity index (χ0) is 38.2. The van der Waals surface area contributed by atoms with E-state index in [0.717, 1.165) is 27.6 Å². The number of nitrogens with one attached hydrogen (secondary N) is 2. The van der Waals surface area contributed by atoms with Gasteiger partial charge in [0.1, 0.15) is 0 Å². The summed E-state index contributed by atoms with van der Waals surface area (Å²) in [6.07, 6.45) is 1.00. The van der Waals surface area contributed by atoms with Crippen LogP contribution in [-0.2, 0) is 44.2 Å². The van der Waals surface area contributed by atoms with Crippen molar-refractivity contribution in [3.8, 4) is 0 Å². The summed E-state index contributed by atoms with van der Waals surface area (Å²) >= 11 is 6.56. The number of H-pyrrole nitrogens is 1. The number of aliphatic hydroxyl groups excluding tert-OH is 1. The van der Waals surface area contributed by atoms with Gasteiger partial charge in [-0.1, -0.05) is 79.2 Å². The van der Waals surface area contributed by atoms with Gasteiger partial charge < -0.3 is 34.1 Å². The van der Waals surface area contributed by atoms with Crippen LogP contribution < -0.4 is 10.2 Å². The quantitative estimate of drug-likeness (QED) is 0.0889. The minimum Gasteiger partial charge on any atom is -0.395 e. The van der Waals surface area contributed by atoms with Gasteiger partial charge in [0, 0.05) is 57.9 Å². The Morgan fingerprint density at radius 3 is 2.52 bits per heavy atom. The summed E-state index contributed by atoms with van der Waals surface area (Å²) in [6.45, 7) is 5.35. The van der Waals surface area contributed by atoms with E-state index in [1.807, 2.05) is 85.9 Å². The first-order valence-corrected chi connectivity index (χ1v) is 21.6. The normalized spacial score (nSPS) is 20.8. The Bertz CT molecular complexity index is 2190. The van der Waals surface area contributed by atoms with Crippen molar-refractivity contribution in [1.82, 2.24) is 9.88 Å². The lowest BCUT2D eigenvalue weighted by atomic mass is 9.82. The number of carbonyl (C=O) groups is 3. The average molecular weight is 767 g/mol. The van der Waals surface area contributed by atoms with Crippen molar-refractivity contribution in [1.29, 1.82) is 0 Å². The SMILES string of the molecule is C[C@H]1[C@H]([Si](C)(C)F)[C@@H](CC(=O)N(CCO)Cc2ccccc2)O[C@]12C(=O)N(Cc1cccc(NC(=O)Cc3c[nH]c4ccccc34)c1)c1ccc(Cl)cc12. The Balaban J connectivity index is 1.14. The monoisotopic (exact) mass is 766 g/mol. The number of benzene rings is 4. The molecule has 0 unspecified atom stereocenters. The molecule has 1 fully saturated rings. The molecule has 0 radical (unpaired) electrons. The molecule has 4 atom stereocenters. The summed E-state index contributed by atoms with van der Waals surface area (Å²) in [6, 6.07) is 29.8. The molecule has 0 aliphatic carbocycles. The van der Waals surface area contributed by atoms with E-state index in [-0.39, 0.29) is 56.8 Å². The van der Waals surface area contributed by atoms with Crippen molar-refractivity contribution in [3.63, 3.8) is 0 Å². The maximum Gasteiger partial charge on any atom is 0.264 e. The second kappa shape index (κ2) is 15.1. The minimum atomic E-state index is -3.55. The van der Waals surface area contributed by atoms with Crippen LogP contribution in [0.25, 0.3) is 10.9 Å². The fourth-order valence-corrected chi connectivity index (χ4v) is 11.1. The highest BCUT2D eigenvalue weighted by Crippen LogP contribution is 2.60. The lowest BCUT2D eigenvalue weighted by Gasteiger charge is -2.31. The van der Waals surface area contributed by atoms with Gasteiger partial charge in [-0.2, -0.15) is 0 Å². The Morgan fingerprint density at radius 2 is 1.76 bits per heavy atom. The highest BCUT2D eigenvalue weighted by Gasteiger charge is 2.67. The number of aromatic nitrogens is 1. The third kappa shape index (κ3) is 7.21. The van der Waals surface area contributed by atoms with Gasteiger partial charge in [-0.15, -0.1) is 0 Å². The number of nitrogens with zero attached hydrogens (tertiary/aromatic N) is 2.